The molecule has 96 valence electrons. The number of halogens is 2. The molecule has 1 aromatic heterocycles. The van der Waals surface area contributed by atoms with Crippen LogP contribution in [0.2, 0.25) is 5.02 Å². The molecule has 0 fully saturated rings. The van der Waals surface area contributed by atoms with E-state index in [0.717, 1.165) is 31.4 Å². The Morgan fingerprint density at radius 3 is 2.84 bits per heavy atom. The topological polar surface area (TPSA) is 24.9 Å². The van der Waals surface area contributed by atoms with Crippen molar-refractivity contribution >= 4 is 59.9 Å². The molecule has 5 heteroatoms. The predicted octanol–water partition coefficient (Wildman–Crippen LogP) is 5.76. The maximum absolute atomic E-state index is 6.15. The zero-order valence-corrected chi connectivity index (χ0v) is 13.2. The van der Waals surface area contributed by atoms with Crippen LogP contribution in [0.3, 0.4) is 0 Å². The summed E-state index contributed by atoms with van der Waals surface area (Å²) in [5.74, 6) is 0. The molecule has 0 saturated carbocycles. The number of anilines is 2. The molecule has 1 heterocycles. The molecule has 0 aliphatic heterocycles. The average Bonchev–Trinajstić information content (AvgIpc) is 2.78. The molecule has 0 radical (unpaired) electrons. The molecule has 0 bridgehead atoms. The van der Waals surface area contributed by atoms with Gasteiger partial charge in [0.1, 0.15) is 0 Å². The molecule has 2 aromatic carbocycles. The van der Waals surface area contributed by atoms with Crippen LogP contribution in [-0.2, 0) is 0 Å². The van der Waals surface area contributed by atoms with Crippen LogP contribution < -0.4 is 5.32 Å². The van der Waals surface area contributed by atoms with Gasteiger partial charge < -0.3 is 5.32 Å². The van der Waals surface area contributed by atoms with Crippen LogP contribution in [-0.4, -0.2) is 4.98 Å². The van der Waals surface area contributed by atoms with Crippen molar-refractivity contribution in [2.45, 2.75) is 6.92 Å². The van der Waals surface area contributed by atoms with Gasteiger partial charge in [-0.25, -0.2) is 4.98 Å². The molecule has 19 heavy (non-hydrogen) atoms. The van der Waals surface area contributed by atoms with Crippen LogP contribution in [0, 0.1) is 6.92 Å². The standard InChI is InChI=1S/C14H10BrClN2S/c1-8-6-9(15)12(7-10(8)16)18-14-17-11-4-2-3-5-13(11)19-14/h2-7H,1H3,(H,17,18). The number of aromatic nitrogens is 1. The molecule has 1 N–H and O–H groups in total. The summed E-state index contributed by atoms with van der Waals surface area (Å²) in [5.41, 5.74) is 2.97. The Balaban J connectivity index is 1.98. The van der Waals surface area contributed by atoms with Crippen molar-refractivity contribution in [1.29, 1.82) is 0 Å². The summed E-state index contributed by atoms with van der Waals surface area (Å²) in [4.78, 5) is 4.54. The Morgan fingerprint density at radius 2 is 2.05 bits per heavy atom. The van der Waals surface area contributed by atoms with Gasteiger partial charge in [0, 0.05) is 9.50 Å². The number of hydrogen-bond donors (Lipinski definition) is 1. The first-order chi connectivity index (χ1) is 9.13. The summed E-state index contributed by atoms with van der Waals surface area (Å²) in [6.07, 6.45) is 0. The summed E-state index contributed by atoms with van der Waals surface area (Å²) >= 11 is 11.3. The maximum atomic E-state index is 6.15. The zero-order valence-electron chi connectivity index (χ0n) is 10.1. The van der Waals surface area contributed by atoms with E-state index in [1.807, 2.05) is 37.3 Å². The first kappa shape index (κ1) is 12.9. The van der Waals surface area contributed by atoms with E-state index in [2.05, 4.69) is 32.3 Å². The molecule has 0 atom stereocenters. The van der Waals surface area contributed by atoms with Crippen molar-refractivity contribution in [2.75, 3.05) is 5.32 Å². The summed E-state index contributed by atoms with van der Waals surface area (Å²) in [6.45, 7) is 1.98. The molecule has 0 aliphatic rings. The number of hydrogen-bond acceptors (Lipinski definition) is 3. The third-order valence-corrected chi connectivity index (χ3v) is 4.80. The first-order valence-electron chi connectivity index (χ1n) is 5.72. The van der Waals surface area contributed by atoms with Gasteiger partial charge in [0.15, 0.2) is 5.13 Å². The lowest BCUT2D eigenvalue weighted by atomic mass is 10.2. The minimum absolute atomic E-state index is 0.742. The van der Waals surface area contributed by atoms with Gasteiger partial charge in [-0.1, -0.05) is 35.1 Å². The minimum Gasteiger partial charge on any atom is -0.331 e. The highest BCUT2D eigenvalue weighted by Crippen LogP contribution is 2.34. The van der Waals surface area contributed by atoms with Crippen molar-refractivity contribution in [3.8, 4) is 0 Å². The predicted molar refractivity (Wildman–Crippen MR) is 86.8 cm³/mol. The number of aryl methyl sites for hydroxylation is 1. The fourth-order valence-electron chi connectivity index (χ4n) is 1.78. The molecule has 0 spiro atoms. The van der Waals surface area contributed by atoms with Crippen LogP contribution in [0.5, 0.6) is 0 Å². The van der Waals surface area contributed by atoms with E-state index in [1.54, 1.807) is 11.3 Å². The summed E-state index contributed by atoms with van der Waals surface area (Å²) in [5, 5.41) is 4.91. The normalized spacial score (nSPS) is 10.9. The van der Waals surface area contributed by atoms with Crippen LogP contribution in [0.4, 0.5) is 10.8 Å². The number of para-hydroxylation sites is 1. The van der Waals surface area contributed by atoms with E-state index in [1.165, 1.54) is 4.70 Å². The lowest BCUT2D eigenvalue weighted by Crippen LogP contribution is -1.91. The fraction of sp³-hybridized carbons (Fsp3) is 0.0714. The second kappa shape index (κ2) is 5.12. The van der Waals surface area contributed by atoms with Gasteiger partial charge in [0.25, 0.3) is 0 Å². The van der Waals surface area contributed by atoms with Gasteiger partial charge in [0.2, 0.25) is 0 Å². The molecule has 0 aliphatic carbocycles. The van der Waals surface area contributed by atoms with Crippen molar-refractivity contribution in [2.24, 2.45) is 0 Å². The van der Waals surface area contributed by atoms with Crippen LogP contribution >= 0.6 is 38.9 Å². The van der Waals surface area contributed by atoms with Gasteiger partial charge in [0.05, 0.1) is 15.9 Å². The Labute approximate surface area is 128 Å². The van der Waals surface area contributed by atoms with Gasteiger partial charge in [-0.05, 0) is 52.7 Å². The molecule has 3 rings (SSSR count). The SMILES string of the molecule is Cc1cc(Br)c(Nc2nc3ccccc3s2)cc1Cl. The van der Waals surface area contributed by atoms with Crippen LogP contribution in [0.15, 0.2) is 40.9 Å². The lowest BCUT2D eigenvalue weighted by Gasteiger charge is -2.07. The van der Waals surface area contributed by atoms with Crippen molar-refractivity contribution in [1.82, 2.24) is 4.98 Å². The van der Waals surface area contributed by atoms with E-state index in [4.69, 9.17) is 11.6 Å². The highest BCUT2D eigenvalue weighted by atomic mass is 79.9. The minimum atomic E-state index is 0.742. The molecule has 3 aromatic rings. The molecule has 0 saturated heterocycles. The fourth-order valence-corrected chi connectivity index (χ4v) is 3.38. The Hall–Kier alpha value is -1.10. The Kier molecular flexibility index (Phi) is 3.48. The Bertz CT molecular complexity index is 721. The van der Waals surface area contributed by atoms with Gasteiger partial charge in [-0.2, -0.15) is 0 Å². The number of fused-ring (bicyclic) bond motifs is 1. The monoisotopic (exact) mass is 352 g/mol. The third kappa shape index (κ3) is 2.61. The molecule has 0 unspecified atom stereocenters. The van der Waals surface area contributed by atoms with Gasteiger partial charge in [-0.3, -0.25) is 0 Å². The number of nitrogens with one attached hydrogen (secondary N) is 1. The molecular weight excluding hydrogens is 344 g/mol. The number of benzene rings is 2. The van der Waals surface area contributed by atoms with Crippen LogP contribution in [0.1, 0.15) is 5.56 Å². The third-order valence-electron chi connectivity index (χ3n) is 2.78. The second-order valence-electron chi connectivity index (χ2n) is 4.19. The van der Waals surface area contributed by atoms with Gasteiger partial charge >= 0.3 is 0 Å². The number of rotatable bonds is 2. The van der Waals surface area contributed by atoms with Crippen molar-refractivity contribution < 1.29 is 0 Å². The van der Waals surface area contributed by atoms with Gasteiger partial charge in [-0.15, -0.1) is 0 Å². The van der Waals surface area contributed by atoms with E-state index < -0.39 is 0 Å². The van der Waals surface area contributed by atoms with E-state index in [0.29, 0.717) is 0 Å². The molecule has 0 amide bonds. The Morgan fingerprint density at radius 1 is 1.26 bits per heavy atom. The summed E-state index contributed by atoms with van der Waals surface area (Å²) in [6, 6.07) is 12.0. The highest BCUT2D eigenvalue weighted by Gasteiger charge is 2.08. The zero-order chi connectivity index (χ0) is 13.4. The van der Waals surface area contributed by atoms with Crippen molar-refractivity contribution in [3.05, 3.63) is 51.5 Å². The second-order valence-corrected chi connectivity index (χ2v) is 6.49. The largest absolute Gasteiger partial charge is 0.331 e. The smallest absolute Gasteiger partial charge is 0.188 e. The van der Waals surface area contributed by atoms with E-state index in [9.17, 15) is 0 Å². The first-order valence-corrected chi connectivity index (χ1v) is 7.70. The highest BCUT2D eigenvalue weighted by molar-refractivity contribution is 9.10. The molecule has 2 nitrogen and oxygen atoms in total. The van der Waals surface area contributed by atoms with Crippen LogP contribution in [0.25, 0.3) is 10.2 Å². The summed E-state index contributed by atoms with van der Waals surface area (Å²) < 4.78 is 2.15. The average molecular weight is 354 g/mol. The lowest BCUT2D eigenvalue weighted by molar-refractivity contribution is 1.40. The maximum Gasteiger partial charge on any atom is 0.188 e. The number of nitrogens with zero attached hydrogens (tertiary/aromatic N) is 1. The number of thiazole rings is 1. The quantitative estimate of drug-likeness (QED) is 0.633. The van der Waals surface area contributed by atoms with Crippen molar-refractivity contribution in [3.63, 3.8) is 0 Å². The summed E-state index contributed by atoms with van der Waals surface area (Å²) in [7, 11) is 0. The van der Waals surface area contributed by atoms with E-state index in [-0.39, 0.29) is 0 Å². The molecular formula is C14H10BrClN2S. The van der Waals surface area contributed by atoms with E-state index >= 15 is 0 Å².